The number of carbonyl (C=O) groups excluding carboxylic acids is 1. The third-order valence-electron chi connectivity index (χ3n) is 6.13. The number of carbonyl (C=O) groups is 2. The number of rotatable bonds is 12. The minimum Gasteiger partial charge on any atom is -0.493 e. The minimum atomic E-state index is -4.36. The van der Waals surface area contributed by atoms with Crippen molar-refractivity contribution in [3.8, 4) is 5.75 Å². The number of amides is 1. The highest BCUT2D eigenvalue weighted by Gasteiger charge is 2.64. The number of hydrogen-bond acceptors (Lipinski definition) is 3. The topological polar surface area (TPSA) is 66.8 Å². The summed E-state index contributed by atoms with van der Waals surface area (Å²) >= 11 is 0. The monoisotopic (exact) mass is 493 g/mol. The molecular weight excluding hydrogens is 459 g/mol. The smallest absolute Gasteiger partial charge is 0.398 e. The van der Waals surface area contributed by atoms with Crippen molar-refractivity contribution in [2.75, 3.05) is 6.61 Å². The first-order chi connectivity index (χ1) is 17.3. The molecule has 2 aromatic carbocycles. The number of halogens is 3. The molecule has 1 saturated carbocycles. The second-order valence-electron chi connectivity index (χ2n) is 9.09. The molecule has 8 heteroatoms. The van der Waals surface area contributed by atoms with Gasteiger partial charge in [0.2, 0.25) is 0 Å². The fourth-order valence-corrected chi connectivity index (χ4v) is 3.90. The Morgan fingerprint density at radius 3 is 2.31 bits per heavy atom. The number of benzene rings is 2. The van der Waals surface area contributed by atoms with Crippen LogP contribution in [0.5, 0.6) is 5.75 Å². The Morgan fingerprint density at radius 2 is 1.74 bits per heavy atom. The van der Waals surface area contributed by atoms with Gasteiger partial charge in [0.25, 0.3) is 5.91 Å². The Kier molecular flexibility index (Phi) is 7.54. The van der Waals surface area contributed by atoms with Gasteiger partial charge < -0.3 is 14.7 Å². The summed E-state index contributed by atoms with van der Waals surface area (Å²) in [5.74, 6) is -1.24. The highest BCUT2D eigenvalue weighted by molar-refractivity contribution is 5.94. The van der Waals surface area contributed by atoms with Crippen LogP contribution in [-0.4, -0.2) is 40.7 Å². The zero-order chi connectivity index (χ0) is 27.4. The van der Waals surface area contributed by atoms with Gasteiger partial charge in [-0.15, -0.1) is 0 Å². The van der Waals surface area contributed by atoms with Crippen molar-refractivity contribution in [2.45, 2.75) is 76.5 Å². The van der Waals surface area contributed by atoms with Crippen LogP contribution < -0.4 is 4.74 Å². The Morgan fingerprint density at radius 1 is 1.09 bits per heavy atom. The summed E-state index contributed by atoms with van der Waals surface area (Å²) in [5.41, 5.74) is -1.51. The molecule has 0 aromatic heterocycles. The number of carboxylic acids is 1. The van der Waals surface area contributed by atoms with Crippen LogP contribution in [0.4, 0.5) is 13.2 Å². The lowest BCUT2D eigenvalue weighted by Gasteiger charge is -2.28. The normalized spacial score (nSPS) is 15.8. The molecule has 1 fully saturated rings. The zero-order valence-corrected chi connectivity index (χ0v) is 19.9. The van der Waals surface area contributed by atoms with E-state index in [1.165, 1.54) is 30.3 Å². The van der Waals surface area contributed by atoms with Crippen LogP contribution >= 0.6 is 0 Å². The zero-order valence-electron chi connectivity index (χ0n) is 21.9. The quantitative estimate of drug-likeness (QED) is 0.350. The van der Waals surface area contributed by atoms with Gasteiger partial charge in [-0.25, -0.2) is 0 Å². The first kappa shape index (κ1) is 23.7. The molecule has 3 rings (SSSR count). The Balaban J connectivity index is 1.79. The van der Waals surface area contributed by atoms with E-state index in [0.29, 0.717) is 19.3 Å². The van der Waals surface area contributed by atoms with Crippen molar-refractivity contribution in [1.29, 1.82) is 0 Å². The summed E-state index contributed by atoms with van der Waals surface area (Å²) < 4.78 is 64.0. The first-order valence-corrected chi connectivity index (χ1v) is 11.8. The number of aliphatic carboxylic acids is 1. The van der Waals surface area contributed by atoms with Gasteiger partial charge in [0.05, 0.1) is 14.8 Å². The minimum absolute atomic E-state index is 0.0147. The summed E-state index contributed by atoms with van der Waals surface area (Å²) in [4.78, 5) is 25.2. The van der Waals surface area contributed by atoms with E-state index < -0.39 is 36.0 Å². The summed E-state index contributed by atoms with van der Waals surface area (Å²) in [6.07, 6.45) is -2.52. The van der Waals surface area contributed by atoms with Crippen LogP contribution in [0.25, 0.3) is 0 Å². The number of alkyl halides is 3. The number of ether oxygens (including phenoxy) is 1. The van der Waals surface area contributed by atoms with Crippen molar-refractivity contribution < 1.29 is 35.3 Å². The van der Waals surface area contributed by atoms with E-state index >= 15 is 0 Å². The molecule has 0 heterocycles. The van der Waals surface area contributed by atoms with Gasteiger partial charge >= 0.3 is 12.1 Å². The second-order valence-corrected chi connectivity index (χ2v) is 9.09. The predicted octanol–water partition coefficient (Wildman–Crippen LogP) is 6.36. The van der Waals surface area contributed by atoms with Crippen LogP contribution in [0.3, 0.4) is 0 Å². The average molecular weight is 494 g/mol. The Labute approximate surface area is 206 Å². The van der Waals surface area contributed by atoms with Gasteiger partial charge in [-0.3, -0.25) is 9.59 Å². The molecule has 5 nitrogen and oxygen atoms in total. The van der Waals surface area contributed by atoms with Crippen molar-refractivity contribution in [2.24, 2.45) is 0 Å². The van der Waals surface area contributed by atoms with E-state index in [1.807, 2.05) is 0 Å². The number of unbranched alkanes of at least 4 members (excludes halogenated alkanes) is 2. The standard InChI is InChI=1S/C27H32F3NO4/c1-19(2)31(18-21-8-5-6-9-23(21)35-17-7-3-4-10-24(32)33)25(34)20-11-13-22(14-12-20)26(15-16-26)27(28,29)30/h5-6,8-9,11-14,19H,3-4,7,10,15-18H2,1-2H3,(H,32,33)/i18D2. The van der Waals surface area contributed by atoms with Crippen molar-refractivity contribution in [3.63, 3.8) is 0 Å². The lowest BCUT2D eigenvalue weighted by atomic mass is 9.94. The molecule has 0 atom stereocenters. The van der Waals surface area contributed by atoms with Gasteiger partial charge in [0, 0.05) is 30.1 Å². The summed E-state index contributed by atoms with van der Waals surface area (Å²) in [6.45, 7) is 1.30. The van der Waals surface area contributed by atoms with Crippen molar-refractivity contribution >= 4 is 11.9 Å². The molecule has 0 spiro atoms. The molecule has 0 unspecified atom stereocenters. The highest BCUT2D eigenvalue weighted by Crippen LogP contribution is 2.58. The van der Waals surface area contributed by atoms with Crippen LogP contribution in [0, 0.1) is 0 Å². The molecule has 0 radical (unpaired) electrons. The lowest BCUT2D eigenvalue weighted by Crippen LogP contribution is -2.36. The maximum absolute atomic E-state index is 13.5. The molecule has 0 bridgehead atoms. The highest BCUT2D eigenvalue weighted by atomic mass is 19.4. The van der Waals surface area contributed by atoms with Gasteiger partial charge in [0.1, 0.15) is 5.75 Å². The SMILES string of the molecule is [2H]C([2H])(c1ccccc1OCCCCCC(=O)O)N(C(=O)c1ccc(C2(C(F)(F)F)CC2)cc1)C(C)C. The van der Waals surface area contributed by atoms with E-state index in [0.717, 1.165) is 4.90 Å². The van der Waals surface area contributed by atoms with E-state index in [4.69, 9.17) is 12.6 Å². The molecule has 1 amide bonds. The van der Waals surface area contributed by atoms with E-state index in [9.17, 15) is 22.8 Å². The number of nitrogens with zero attached hydrogens (tertiary/aromatic N) is 1. The molecule has 1 N–H and O–H groups in total. The van der Waals surface area contributed by atoms with E-state index in [1.54, 1.807) is 32.0 Å². The number of para-hydroxylation sites is 1. The van der Waals surface area contributed by atoms with Gasteiger partial charge in [0.15, 0.2) is 0 Å². The maximum Gasteiger partial charge on any atom is 0.398 e. The second kappa shape index (κ2) is 11.1. The fourth-order valence-electron chi connectivity index (χ4n) is 3.90. The molecule has 190 valence electrons. The van der Waals surface area contributed by atoms with Crippen LogP contribution in [0.1, 0.15) is 76.6 Å². The molecular formula is C27H32F3NO4. The predicted molar refractivity (Wildman–Crippen MR) is 126 cm³/mol. The van der Waals surface area contributed by atoms with Crippen LogP contribution in [0.2, 0.25) is 0 Å². The molecule has 1 aliphatic carbocycles. The van der Waals surface area contributed by atoms with E-state index in [-0.39, 0.29) is 48.3 Å². The van der Waals surface area contributed by atoms with Crippen molar-refractivity contribution in [3.05, 3.63) is 65.2 Å². The molecule has 0 aliphatic heterocycles. The maximum atomic E-state index is 13.5. The van der Waals surface area contributed by atoms with Crippen LogP contribution in [-0.2, 0) is 16.7 Å². The molecule has 1 aliphatic rings. The van der Waals surface area contributed by atoms with Gasteiger partial charge in [-0.2, -0.15) is 13.2 Å². The molecule has 0 saturated heterocycles. The third-order valence-corrected chi connectivity index (χ3v) is 6.13. The lowest BCUT2D eigenvalue weighted by molar-refractivity contribution is -0.160. The van der Waals surface area contributed by atoms with Gasteiger partial charge in [-0.1, -0.05) is 30.3 Å². The summed E-state index contributed by atoms with van der Waals surface area (Å²) in [5, 5.41) is 8.73. The molecule has 35 heavy (non-hydrogen) atoms. The molecule has 2 aromatic rings. The number of hydrogen-bond donors (Lipinski definition) is 1. The fraction of sp³-hybridized carbons (Fsp3) is 0.481. The van der Waals surface area contributed by atoms with Crippen molar-refractivity contribution in [1.82, 2.24) is 4.90 Å². The number of carboxylic acid groups (broad SMARTS) is 1. The summed E-state index contributed by atoms with van der Waals surface area (Å²) in [6, 6.07) is 11.2. The largest absolute Gasteiger partial charge is 0.493 e. The summed E-state index contributed by atoms with van der Waals surface area (Å²) in [7, 11) is 0. The van der Waals surface area contributed by atoms with E-state index in [2.05, 4.69) is 0 Å². The first-order valence-electron chi connectivity index (χ1n) is 12.8. The van der Waals surface area contributed by atoms with Gasteiger partial charge in [-0.05, 0) is 69.7 Å². The van der Waals surface area contributed by atoms with Crippen LogP contribution in [0.15, 0.2) is 48.5 Å². The Bertz CT molecular complexity index is 1100. The average Bonchev–Trinajstić information content (AvgIpc) is 3.63. The third kappa shape index (κ3) is 6.55. The Hall–Kier alpha value is -3.03.